The number of carbonyl (C=O) groups is 2. The van der Waals surface area contributed by atoms with Crippen molar-refractivity contribution in [2.24, 2.45) is 0 Å². The molecule has 3 aromatic rings. The molecule has 3 rings (SSSR count). The van der Waals surface area contributed by atoms with E-state index in [4.69, 9.17) is 9.47 Å². The fraction of sp³-hybridized carbons (Fsp3) is 0.0909. The second kappa shape index (κ2) is 8.67. The molecular weight excluding hydrogens is 344 g/mol. The lowest BCUT2D eigenvalue weighted by molar-refractivity contribution is 0.0468. The molecule has 0 spiro atoms. The smallest absolute Gasteiger partial charge is 0.342 e. The number of methoxy groups -OCH3 is 1. The number of esters is 2. The molecule has 27 heavy (non-hydrogen) atoms. The highest BCUT2D eigenvalue weighted by atomic mass is 16.5. The quantitative estimate of drug-likeness (QED) is 0.599. The SMILES string of the molecule is COC(=O)c1ccc(COC(=O)c2ccccc2Oc2ccccc2)cc1. The largest absolute Gasteiger partial charge is 0.465 e. The number of carbonyl (C=O) groups excluding carboxylic acids is 2. The molecule has 0 fully saturated rings. The first-order valence-electron chi connectivity index (χ1n) is 8.33. The van der Waals surface area contributed by atoms with Crippen molar-refractivity contribution in [3.8, 4) is 11.5 Å². The topological polar surface area (TPSA) is 61.8 Å². The van der Waals surface area contributed by atoms with Crippen LogP contribution in [0.3, 0.4) is 0 Å². The van der Waals surface area contributed by atoms with E-state index in [0.29, 0.717) is 22.6 Å². The van der Waals surface area contributed by atoms with Crippen molar-refractivity contribution in [2.45, 2.75) is 6.61 Å². The van der Waals surface area contributed by atoms with E-state index in [2.05, 4.69) is 4.74 Å². The molecule has 0 amide bonds. The van der Waals surface area contributed by atoms with E-state index in [1.54, 1.807) is 48.5 Å². The maximum Gasteiger partial charge on any atom is 0.342 e. The van der Waals surface area contributed by atoms with Crippen molar-refractivity contribution in [2.75, 3.05) is 7.11 Å². The third-order valence-electron chi connectivity index (χ3n) is 3.82. The molecule has 5 nitrogen and oxygen atoms in total. The van der Waals surface area contributed by atoms with Crippen LogP contribution in [0, 0.1) is 0 Å². The monoisotopic (exact) mass is 362 g/mol. The number of ether oxygens (including phenoxy) is 3. The highest BCUT2D eigenvalue weighted by Crippen LogP contribution is 2.25. The highest BCUT2D eigenvalue weighted by molar-refractivity contribution is 5.92. The summed E-state index contributed by atoms with van der Waals surface area (Å²) in [6.45, 7) is 0.0833. The van der Waals surface area contributed by atoms with Crippen molar-refractivity contribution in [3.63, 3.8) is 0 Å². The molecule has 0 aliphatic rings. The summed E-state index contributed by atoms with van der Waals surface area (Å²) in [6, 6.07) is 22.8. The average molecular weight is 362 g/mol. The van der Waals surface area contributed by atoms with Crippen LogP contribution in [0.2, 0.25) is 0 Å². The Bertz CT molecular complexity index is 917. The van der Waals surface area contributed by atoms with Gasteiger partial charge in [-0.1, -0.05) is 42.5 Å². The fourth-order valence-corrected chi connectivity index (χ4v) is 2.42. The molecular formula is C22H18O5. The van der Waals surface area contributed by atoms with E-state index in [1.165, 1.54) is 7.11 Å². The van der Waals surface area contributed by atoms with Gasteiger partial charge >= 0.3 is 11.9 Å². The van der Waals surface area contributed by atoms with E-state index in [9.17, 15) is 9.59 Å². The second-order valence-electron chi connectivity index (χ2n) is 5.68. The Morgan fingerprint density at radius 2 is 1.44 bits per heavy atom. The van der Waals surface area contributed by atoms with Gasteiger partial charge in [-0.3, -0.25) is 0 Å². The first-order chi connectivity index (χ1) is 13.2. The Morgan fingerprint density at radius 1 is 0.778 bits per heavy atom. The van der Waals surface area contributed by atoms with Crippen molar-refractivity contribution in [1.82, 2.24) is 0 Å². The van der Waals surface area contributed by atoms with Gasteiger partial charge in [0, 0.05) is 0 Å². The predicted octanol–water partition coefficient (Wildman–Crippen LogP) is 4.62. The van der Waals surface area contributed by atoms with Crippen LogP contribution in [0.25, 0.3) is 0 Å². The summed E-state index contributed by atoms with van der Waals surface area (Å²) in [7, 11) is 1.33. The first-order valence-corrected chi connectivity index (χ1v) is 8.33. The predicted molar refractivity (Wildman–Crippen MR) is 99.9 cm³/mol. The summed E-state index contributed by atoms with van der Waals surface area (Å²) in [4.78, 5) is 23.9. The molecule has 0 aliphatic carbocycles. The van der Waals surface area contributed by atoms with E-state index >= 15 is 0 Å². The summed E-state index contributed by atoms with van der Waals surface area (Å²) in [5, 5.41) is 0. The number of rotatable bonds is 6. The Kier molecular flexibility index (Phi) is 5.84. The van der Waals surface area contributed by atoms with Crippen molar-refractivity contribution < 1.29 is 23.8 Å². The van der Waals surface area contributed by atoms with Gasteiger partial charge in [-0.25, -0.2) is 9.59 Å². The van der Waals surface area contributed by atoms with E-state index in [0.717, 1.165) is 5.56 Å². The number of hydrogen-bond donors (Lipinski definition) is 0. The highest BCUT2D eigenvalue weighted by Gasteiger charge is 2.14. The van der Waals surface area contributed by atoms with Crippen LogP contribution in [-0.2, 0) is 16.1 Å². The number of para-hydroxylation sites is 2. The van der Waals surface area contributed by atoms with Gasteiger partial charge in [-0.05, 0) is 42.0 Å². The van der Waals surface area contributed by atoms with Crippen LogP contribution in [0.1, 0.15) is 26.3 Å². The summed E-state index contributed by atoms with van der Waals surface area (Å²) in [5.74, 6) is 0.162. The van der Waals surface area contributed by atoms with Crippen LogP contribution in [-0.4, -0.2) is 19.0 Å². The minimum absolute atomic E-state index is 0.0833. The molecule has 0 unspecified atom stereocenters. The molecule has 0 radical (unpaired) electrons. The summed E-state index contributed by atoms with van der Waals surface area (Å²) in [6.07, 6.45) is 0. The summed E-state index contributed by atoms with van der Waals surface area (Å²) in [5.41, 5.74) is 1.54. The number of benzene rings is 3. The molecule has 136 valence electrons. The fourth-order valence-electron chi connectivity index (χ4n) is 2.42. The van der Waals surface area contributed by atoms with Crippen molar-refractivity contribution >= 4 is 11.9 Å². The molecule has 0 saturated heterocycles. The Hall–Kier alpha value is -3.60. The van der Waals surface area contributed by atoms with Gasteiger partial charge < -0.3 is 14.2 Å². The molecule has 0 heterocycles. The lowest BCUT2D eigenvalue weighted by Gasteiger charge is -2.11. The van der Waals surface area contributed by atoms with Gasteiger partial charge in [0.25, 0.3) is 0 Å². The number of hydrogen-bond acceptors (Lipinski definition) is 5. The summed E-state index contributed by atoms with van der Waals surface area (Å²) < 4.78 is 15.8. The van der Waals surface area contributed by atoms with Crippen LogP contribution in [0.5, 0.6) is 11.5 Å². The Morgan fingerprint density at radius 3 is 2.15 bits per heavy atom. The zero-order chi connectivity index (χ0) is 19.1. The van der Waals surface area contributed by atoms with Gasteiger partial charge in [-0.2, -0.15) is 0 Å². The molecule has 0 saturated carbocycles. The third-order valence-corrected chi connectivity index (χ3v) is 3.82. The standard InChI is InChI=1S/C22H18O5/c1-25-21(23)17-13-11-16(12-14-17)15-26-22(24)19-9-5-6-10-20(19)27-18-7-3-2-4-8-18/h2-14H,15H2,1H3. The van der Waals surface area contributed by atoms with E-state index in [-0.39, 0.29) is 6.61 Å². The molecule has 3 aromatic carbocycles. The van der Waals surface area contributed by atoms with Crippen molar-refractivity contribution in [3.05, 3.63) is 95.6 Å². The van der Waals surface area contributed by atoms with Gasteiger partial charge in [0.15, 0.2) is 0 Å². The first kappa shape index (κ1) is 18.2. The van der Waals surface area contributed by atoms with Gasteiger partial charge in [-0.15, -0.1) is 0 Å². The van der Waals surface area contributed by atoms with Gasteiger partial charge in [0.1, 0.15) is 23.7 Å². The summed E-state index contributed by atoms with van der Waals surface area (Å²) >= 11 is 0. The molecule has 0 N–H and O–H groups in total. The average Bonchev–Trinajstić information content (AvgIpc) is 2.73. The maximum atomic E-state index is 12.5. The van der Waals surface area contributed by atoms with Crippen LogP contribution < -0.4 is 4.74 Å². The molecule has 0 bridgehead atoms. The zero-order valence-corrected chi connectivity index (χ0v) is 14.8. The maximum absolute atomic E-state index is 12.5. The van der Waals surface area contributed by atoms with E-state index in [1.807, 2.05) is 30.3 Å². The van der Waals surface area contributed by atoms with Gasteiger partial charge in [0.2, 0.25) is 0 Å². The normalized spacial score (nSPS) is 10.1. The molecule has 0 aromatic heterocycles. The Labute approximate surface area is 157 Å². The van der Waals surface area contributed by atoms with Gasteiger partial charge in [0.05, 0.1) is 12.7 Å². The van der Waals surface area contributed by atoms with E-state index < -0.39 is 11.9 Å². The molecule has 5 heteroatoms. The minimum Gasteiger partial charge on any atom is -0.465 e. The lowest BCUT2D eigenvalue weighted by Crippen LogP contribution is -2.07. The van der Waals surface area contributed by atoms with Crippen LogP contribution in [0.4, 0.5) is 0 Å². The zero-order valence-electron chi connectivity index (χ0n) is 14.8. The minimum atomic E-state index is -0.487. The second-order valence-corrected chi connectivity index (χ2v) is 5.68. The lowest BCUT2D eigenvalue weighted by atomic mass is 10.1. The Balaban J connectivity index is 1.67. The van der Waals surface area contributed by atoms with Crippen LogP contribution in [0.15, 0.2) is 78.9 Å². The third kappa shape index (κ3) is 4.73. The van der Waals surface area contributed by atoms with Crippen molar-refractivity contribution in [1.29, 1.82) is 0 Å². The molecule has 0 atom stereocenters. The van der Waals surface area contributed by atoms with Crippen LogP contribution >= 0.6 is 0 Å². The molecule has 0 aliphatic heterocycles.